The normalized spacial score (nSPS) is 14.8. The van der Waals surface area contributed by atoms with Crippen LogP contribution in [-0.2, 0) is 0 Å². The molecule has 1 amide bonds. The van der Waals surface area contributed by atoms with E-state index in [-0.39, 0.29) is 12.0 Å². The molecule has 0 aliphatic carbocycles. The lowest BCUT2D eigenvalue weighted by Gasteiger charge is -2.29. The van der Waals surface area contributed by atoms with Crippen molar-refractivity contribution in [2.45, 2.75) is 25.9 Å². The molecule has 0 saturated carbocycles. The van der Waals surface area contributed by atoms with Crippen LogP contribution in [0.25, 0.3) is 22.5 Å². The molecule has 3 aromatic rings. The molecule has 0 bridgehead atoms. The third-order valence-electron chi connectivity index (χ3n) is 5.31. The van der Waals surface area contributed by atoms with Gasteiger partial charge in [-0.2, -0.15) is 0 Å². The number of aliphatic hydroxyl groups excluding tert-OH is 1. The number of anilines is 1. The predicted octanol–water partition coefficient (Wildman–Crippen LogP) is 3.30. The van der Waals surface area contributed by atoms with E-state index in [0.717, 1.165) is 11.1 Å². The molecule has 3 N–H and O–H groups in total. The predicted molar refractivity (Wildman–Crippen MR) is 113 cm³/mol. The van der Waals surface area contributed by atoms with Crippen LogP contribution in [0.3, 0.4) is 0 Å². The number of aromatic nitrogens is 2. The molecule has 0 radical (unpaired) electrons. The summed E-state index contributed by atoms with van der Waals surface area (Å²) in [6, 6.07) is 15.4. The first-order chi connectivity index (χ1) is 14.0. The molecule has 0 unspecified atom stereocenters. The van der Waals surface area contributed by atoms with Gasteiger partial charge in [-0.25, -0.2) is 9.97 Å². The summed E-state index contributed by atoms with van der Waals surface area (Å²) in [4.78, 5) is 23.5. The average molecular weight is 388 g/mol. The smallest absolute Gasteiger partial charge is 0.253 e. The van der Waals surface area contributed by atoms with Gasteiger partial charge in [0.1, 0.15) is 11.5 Å². The van der Waals surface area contributed by atoms with Crippen LogP contribution < -0.4 is 5.73 Å². The number of amides is 1. The van der Waals surface area contributed by atoms with Crippen molar-refractivity contribution >= 4 is 11.7 Å². The van der Waals surface area contributed by atoms with E-state index in [2.05, 4.69) is 4.98 Å². The number of carbonyl (C=O) groups is 1. The summed E-state index contributed by atoms with van der Waals surface area (Å²) in [6.45, 7) is 3.21. The Labute approximate surface area is 170 Å². The van der Waals surface area contributed by atoms with Crippen LogP contribution in [0.2, 0.25) is 0 Å². The topological polar surface area (TPSA) is 92.3 Å². The van der Waals surface area contributed by atoms with Crippen molar-refractivity contribution in [3.05, 3.63) is 65.9 Å². The quantitative estimate of drug-likeness (QED) is 0.718. The molecule has 6 nitrogen and oxygen atoms in total. The summed E-state index contributed by atoms with van der Waals surface area (Å²) in [6.07, 6.45) is 2.61. The third-order valence-corrected chi connectivity index (χ3v) is 5.31. The fourth-order valence-corrected chi connectivity index (χ4v) is 3.50. The van der Waals surface area contributed by atoms with Gasteiger partial charge in [0.2, 0.25) is 0 Å². The molecular formula is C23H24N4O2. The Morgan fingerprint density at radius 1 is 1.03 bits per heavy atom. The number of hydrogen-bond acceptors (Lipinski definition) is 5. The Bertz CT molecular complexity index is 1010. The zero-order valence-corrected chi connectivity index (χ0v) is 16.4. The molecule has 0 atom stereocenters. The molecular weight excluding hydrogens is 364 g/mol. The lowest BCUT2D eigenvalue weighted by atomic mass is 10.0. The minimum Gasteiger partial charge on any atom is -0.393 e. The zero-order chi connectivity index (χ0) is 20.4. The van der Waals surface area contributed by atoms with Crippen molar-refractivity contribution in [1.82, 2.24) is 14.9 Å². The maximum atomic E-state index is 12.7. The van der Waals surface area contributed by atoms with E-state index in [1.807, 2.05) is 55.5 Å². The van der Waals surface area contributed by atoms with Crippen molar-refractivity contribution in [2.24, 2.45) is 0 Å². The van der Waals surface area contributed by atoms with Gasteiger partial charge in [0.05, 0.1) is 18.0 Å². The van der Waals surface area contributed by atoms with Gasteiger partial charge in [-0.3, -0.25) is 4.79 Å². The lowest BCUT2D eigenvalue weighted by Crippen LogP contribution is -2.40. The van der Waals surface area contributed by atoms with Gasteiger partial charge >= 0.3 is 0 Å². The van der Waals surface area contributed by atoms with Gasteiger partial charge in [-0.1, -0.05) is 42.0 Å². The minimum absolute atomic E-state index is 0.00724. The monoisotopic (exact) mass is 388 g/mol. The number of piperidine rings is 1. The lowest BCUT2D eigenvalue weighted by molar-refractivity contribution is 0.0546. The van der Waals surface area contributed by atoms with E-state index in [1.165, 1.54) is 5.56 Å². The number of aliphatic hydroxyl groups is 1. The van der Waals surface area contributed by atoms with E-state index in [9.17, 15) is 9.90 Å². The van der Waals surface area contributed by atoms with Crippen LogP contribution in [-0.4, -0.2) is 45.1 Å². The Balaban J connectivity index is 1.57. The van der Waals surface area contributed by atoms with Crippen LogP contribution in [0.4, 0.5) is 5.82 Å². The molecule has 1 aliphatic heterocycles. The molecule has 0 spiro atoms. The number of carbonyl (C=O) groups excluding carboxylic acids is 1. The van der Waals surface area contributed by atoms with E-state index >= 15 is 0 Å². The maximum Gasteiger partial charge on any atom is 0.253 e. The van der Waals surface area contributed by atoms with Gasteiger partial charge in [0.25, 0.3) is 5.91 Å². The second-order valence-electron chi connectivity index (χ2n) is 7.46. The zero-order valence-electron chi connectivity index (χ0n) is 16.4. The summed E-state index contributed by atoms with van der Waals surface area (Å²) in [5.41, 5.74) is 11.0. The van der Waals surface area contributed by atoms with Crippen molar-refractivity contribution in [3.8, 4) is 22.5 Å². The van der Waals surface area contributed by atoms with Crippen molar-refractivity contribution < 1.29 is 9.90 Å². The fourth-order valence-electron chi connectivity index (χ4n) is 3.50. The minimum atomic E-state index is -0.298. The Morgan fingerprint density at radius 3 is 2.31 bits per heavy atom. The van der Waals surface area contributed by atoms with Crippen molar-refractivity contribution in [3.63, 3.8) is 0 Å². The van der Waals surface area contributed by atoms with Crippen LogP contribution in [0.1, 0.15) is 28.8 Å². The maximum absolute atomic E-state index is 12.7. The summed E-state index contributed by atoms with van der Waals surface area (Å²) in [7, 11) is 0. The van der Waals surface area contributed by atoms with Crippen LogP contribution in [0, 0.1) is 6.92 Å². The van der Waals surface area contributed by atoms with Crippen LogP contribution in [0.15, 0.2) is 54.7 Å². The molecule has 1 saturated heterocycles. The third kappa shape index (κ3) is 4.12. The molecule has 29 heavy (non-hydrogen) atoms. The second kappa shape index (κ2) is 8.01. The highest BCUT2D eigenvalue weighted by atomic mass is 16.3. The van der Waals surface area contributed by atoms with Gasteiger partial charge in [-0.15, -0.1) is 0 Å². The number of nitrogens with zero attached hydrogens (tertiary/aromatic N) is 3. The summed E-state index contributed by atoms with van der Waals surface area (Å²) >= 11 is 0. The highest BCUT2D eigenvalue weighted by molar-refractivity contribution is 5.94. The van der Waals surface area contributed by atoms with Crippen LogP contribution >= 0.6 is 0 Å². The highest BCUT2D eigenvalue weighted by Gasteiger charge is 2.22. The molecule has 1 aliphatic rings. The molecule has 4 rings (SSSR count). The molecule has 2 heterocycles. The number of likely N-dealkylation sites (tertiary alicyclic amines) is 1. The molecule has 6 heteroatoms. The van der Waals surface area contributed by atoms with Gasteiger partial charge in [0.15, 0.2) is 0 Å². The van der Waals surface area contributed by atoms with E-state index in [1.54, 1.807) is 11.1 Å². The summed E-state index contributed by atoms with van der Waals surface area (Å²) in [5, 5.41) is 9.62. The highest BCUT2D eigenvalue weighted by Crippen LogP contribution is 2.26. The van der Waals surface area contributed by atoms with E-state index in [4.69, 9.17) is 10.7 Å². The fraction of sp³-hybridized carbons (Fsp3) is 0.261. The number of nitrogen functional groups attached to an aromatic ring is 1. The van der Waals surface area contributed by atoms with Crippen molar-refractivity contribution in [2.75, 3.05) is 18.8 Å². The van der Waals surface area contributed by atoms with Gasteiger partial charge < -0.3 is 15.7 Å². The van der Waals surface area contributed by atoms with E-state index < -0.39 is 0 Å². The summed E-state index contributed by atoms with van der Waals surface area (Å²) in [5.74, 6) is 0.379. The van der Waals surface area contributed by atoms with Gasteiger partial charge in [0, 0.05) is 29.8 Å². The Morgan fingerprint density at radius 2 is 1.66 bits per heavy atom. The second-order valence-corrected chi connectivity index (χ2v) is 7.46. The number of hydrogen-bond donors (Lipinski definition) is 2. The molecule has 1 aromatic heterocycles. The SMILES string of the molecule is Cc1ccc(-c2nc(-c3ccc(C(=O)N4CCC(O)CC4)cc3)cnc2N)cc1. The summed E-state index contributed by atoms with van der Waals surface area (Å²) < 4.78 is 0. The first-order valence-electron chi connectivity index (χ1n) is 9.78. The molecule has 148 valence electrons. The number of nitrogens with two attached hydrogens (primary N) is 1. The first kappa shape index (κ1) is 19.1. The molecule has 1 fully saturated rings. The van der Waals surface area contributed by atoms with Crippen molar-refractivity contribution in [1.29, 1.82) is 0 Å². The van der Waals surface area contributed by atoms with E-state index in [0.29, 0.717) is 48.7 Å². The first-order valence-corrected chi connectivity index (χ1v) is 9.78. The van der Waals surface area contributed by atoms with Crippen LogP contribution in [0.5, 0.6) is 0 Å². The Kier molecular flexibility index (Phi) is 5.27. The number of rotatable bonds is 3. The largest absolute Gasteiger partial charge is 0.393 e. The molecule has 2 aromatic carbocycles. The number of aryl methyl sites for hydroxylation is 1. The number of benzene rings is 2. The average Bonchev–Trinajstić information content (AvgIpc) is 2.75. The Hall–Kier alpha value is -3.25. The standard InChI is InChI=1S/C23H24N4O2/c1-15-2-4-17(5-3-15)21-22(24)25-14-20(26-21)16-6-8-18(9-7-16)23(29)27-12-10-19(28)11-13-27/h2-9,14,19,28H,10-13H2,1H3,(H2,24,25). The van der Waals surface area contributed by atoms with Gasteiger partial charge in [-0.05, 0) is 31.9 Å².